The molecular formula is C20H27N3O2. The molecule has 3 N–H and O–H groups in total. The molecule has 0 saturated carbocycles. The number of aromatic amines is 1. The Kier molecular flexibility index (Phi) is 4.29. The molecule has 25 heavy (non-hydrogen) atoms. The number of hydrogen-bond acceptors (Lipinski definition) is 3. The number of ether oxygens (including phenoxy) is 1. The van der Waals surface area contributed by atoms with Gasteiger partial charge in [0, 0.05) is 42.2 Å². The number of likely N-dealkylation sites (tertiary alicyclic amines) is 1. The van der Waals surface area contributed by atoms with E-state index < -0.39 is 0 Å². The van der Waals surface area contributed by atoms with Gasteiger partial charge in [-0.1, -0.05) is 19.1 Å². The van der Waals surface area contributed by atoms with Crippen molar-refractivity contribution in [2.45, 2.75) is 44.8 Å². The van der Waals surface area contributed by atoms with Gasteiger partial charge in [0.25, 0.3) is 0 Å². The minimum Gasteiger partial charge on any atom is -0.378 e. The van der Waals surface area contributed by atoms with Crippen molar-refractivity contribution in [3.05, 3.63) is 35.0 Å². The summed E-state index contributed by atoms with van der Waals surface area (Å²) in [5, 5.41) is 1.34. The number of hydrogen-bond donors (Lipinski definition) is 2. The number of benzene rings is 1. The molecule has 1 saturated heterocycles. The Morgan fingerprint density at radius 3 is 3.00 bits per heavy atom. The number of primary amides is 1. The quantitative estimate of drug-likeness (QED) is 0.878. The molecule has 0 bridgehead atoms. The Balaban J connectivity index is 1.82. The lowest BCUT2D eigenvalue weighted by Crippen LogP contribution is -2.52. The first kappa shape index (κ1) is 16.6. The van der Waals surface area contributed by atoms with Gasteiger partial charge < -0.3 is 15.5 Å². The summed E-state index contributed by atoms with van der Waals surface area (Å²) >= 11 is 0. The molecule has 1 aromatic carbocycles. The van der Waals surface area contributed by atoms with Crippen LogP contribution in [0.5, 0.6) is 0 Å². The van der Waals surface area contributed by atoms with E-state index in [4.69, 9.17) is 10.5 Å². The zero-order chi connectivity index (χ0) is 17.6. The summed E-state index contributed by atoms with van der Waals surface area (Å²) in [5.41, 5.74) is 10.8. The van der Waals surface area contributed by atoms with Crippen LogP contribution in [0.1, 0.15) is 42.5 Å². The molecular weight excluding hydrogens is 314 g/mol. The Morgan fingerprint density at radius 2 is 2.28 bits per heavy atom. The summed E-state index contributed by atoms with van der Waals surface area (Å²) < 4.78 is 5.42. The average molecular weight is 341 g/mol. The standard InChI is InChI=1S/C20H27N3O2/c1-3-7-23-10-12(20(21)24)8-14-13-5-4-6-16-19(13)15(9-18(14)23)17(22-16)11-25-2/h4-6,12,14,18,22H,3,7-11H2,1-2H3,(H2,21,24)/t12-,14?,18+/m0/s1. The first-order valence-corrected chi connectivity index (χ1v) is 9.28. The summed E-state index contributed by atoms with van der Waals surface area (Å²) in [7, 11) is 1.74. The molecule has 2 aromatic rings. The van der Waals surface area contributed by atoms with Crippen LogP contribution in [-0.4, -0.2) is 42.0 Å². The van der Waals surface area contributed by atoms with Gasteiger partial charge in [-0.2, -0.15) is 0 Å². The zero-order valence-electron chi connectivity index (χ0n) is 15.0. The molecule has 2 heterocycles. The molecule has 1 aromatic heterocycles. The third kappa shape index (κ3) is 2.66. The number of piperidine rings is 1. The van der Waals surface area contributed by atoms with Gasteiger partial charge in [0.2, 0.25) is 5.91 Å². The van der Waals surface area contributed by atoms with E-state index in [1.54, 1.807) is 7.11 Å². The number of nitrogens with two attached hydrogens (primary N) is 1. The van der Waals surface area contributed by atoms with Crippen LogP contribution in [-0.2, 0) is 22.6 Å². The van der Waals surface area contributed by atoms with Crippen LogP contribution in [0.4, 0.5) is 0 Å². The lowest BCUT2D eigenvalue weighted by atomic mass is 9.71. The number of amides is 1. The summed E-state index contributed by atoms with van der Waals surface area (Å²) in [4.78, 5) is 18.0. The van der Waals surface area contributed by atoms with Crippen molar-refractivity contribution < 1.29 is 9.53 Å². The first-order valence-electron chi connectivity index (χ1n) is 9.28. The van der Waals surface area contributed by atoms with Crippen molar-refractivity contribution in [3.63, 3.8) is 0 Å². The van der Waals surface area contributed by atoms with Crippen LogP contribution >= 0.6 is 0 Å². The second-order valence-electron chi connectivity index (χ2n) is 7.49. The molecule has 3 atom stereocenters. The number of methoxy groups -OCH3 is 1. The predicted molar refractivity (Wildman–Crippen MR) is 98.4 cm³/mol. The van der Waals surface area contributed by atoms with E-state index in [9.17, 15) is 4.79 Å². The Morgan fingerprint density at radius 1 is 1.44 bits per heavy atom. The molecule has 1 amide bonds. The van der Waals surface area contributed by atoms with Crippen LogP contribution in [0.25, 0.3) is 10.9 Å². The van der Waals surface area contributed by atoms with Gasteiger partial charge in [-0.3, -0.25) is 9.69 Å². The van der Waals surface area contributed by atoms with E-state index in [0.717, 1.165) is 32.4 Å². The van der Waals surface area contributed by atoms with Crippen molar-refractivity contribution >= 4 is 16.8 Å². The smallest absolute Gasteiger partial charge is 0.221 e. The zero-order valence-corrected chi connectivity index (χ0v) is 15.0. The lowest BCUT2D eigenvalue weighted by Gasteiger charge is -2.46. The van der Waals surface area contributed by atoms with E-state index in [1.165, 1.54) is 27.7 Å². The molecule has 1 aliphatic heterocycles. The van der Waals surface area contributed by atoms with Gasteiger partial charge in [0.05, 0.1) is 12.5 Å². The highest BCUT2D eigenvalue weighted by atomic mass is 16.5. The molecule has 0 spiro atoms. The molecule has 1 aliphatic carbocycles. The van der Waals surface area contributed by atoms with Gasteiger partial charge in [0.15, 0.2) is 0 Å². The average Bonchev–Trinajstić information content (AvgIpc) is 2.95. The van der Waals surface area contributed by atoms with Gasteiger partial charge in [-0.25, -0.2) is 0 Å². The van der Waals surface area contributed by atoms with Crippen molar-refractivity contribution in [1.82, 2.24) is 9.88 Å². The van der Waals surface area contributed by atoms with E-state index in [0.29, 0.717) is 18.6 Å². The molecule has 5 heteroatoms. The summed E-state index contributed by atoms with van der Waals surface area (Å²) in [5.74, 6) is 0.161. The minimum atomic E-state index is -0.160. The van der Waals surface area contributed by atoms with E-state index in [2.05, 4.69) is 35.0 Å². The number of nitrogens with one attached hydrogen (secondary N) is 1. The Bertz CT molecular complexity index is 798. The first-order chi connectivity index (χ1) is 12.1. The predicted octanol–water partition coefficient (Wildman–Crippen LogP) is 2.54. The number of aromatic nitrogens is 1. The topological polar surface area (TPSA) is 71.3 Å². The van der Waals surface area contributed by atoms with Crippen molar-refractivity contribution in [2.75, 3.05) is 20.2 Å². The maximum atomic E-state index is 11.9. The van der Waals surface area contributed by atoms with Crippen molar-refractivity contribution in [2.24, 2.45) is 11.7 Å². The van der Waals surface area contributed by atoms with Gasteiger partial charge >= 0.3 is 0 Å². The van der Waals surface area contributed by atoms with Crippen molar-refractivity contribution in [3.8, 4) is 0 Å². The van der Waals surface area contributed by atoms with Gasteiger partial charge in [0.1, 0.15) is 0 Å². The second-order valence-corrected chi connectivity index (χ2v) is 7.49. The minimum absolute atomic E-state index is 0.0537. The largest absolute Gasteiger partial charge is 0.378 e. The summed E-state index contributed by atoms with van der Waals surface area (Å²) in [6.45, 7) is 4.61. The number of carbonyl (C=O) groups excluding carboxylic acids is 1. The van der Waals surface area contributed by atoms with E-state index in [-0.39, 0.29) is 11.8 Å². The SMILES string of the molecule is CCCN1C[C@@H](C(N)=O)CC2c3cccc4[nH]c(COC)c(c34)C[C@H]21. The molecule has 134 valence electrons. The summed E-state index contributed by atoms with van der Waals surface area (Å²) in [6, 6.07) is 6.94. The number of nitrogens with zero attached hydrogens (tertiary/aromatic N) is 1. The van der Waals surface area contributed by atoms with Crippen LogP contribution in [0.3, 0.4) is 0 Å². The fourth-order valence-corrected chi connectivity index (χ4v) is 4.98. The maximum Gasteiger partial charge on any atom is 0.221 e. The van der Waals surface area contributed by atoms with Gasteiger partial charge in [-0.05, 0) is 43.0 Å². The number of rotatable bonds is 5. The van der Waals surface area contributed by atoms with Crippen LogP contribution in [0, 0.1) is 5.92 Å². The molecule has 5 nitrogen and oxygen atoms in total. The second kappa shape index (κ2) is 6.46. The highest BCUT2D eigenvalue weighted by molar-refractivity contribution is 5.90. The van der Waals surface area contributed by atoms with Crippen LogP contribution < -0.4 is 5.73 Å². The highest BCUT2D eigenvalue weighted by Gasteiger charge is 2.42. The third-order valence-corrected chi connectivity index (χ3v) is 5.99. The number of fused-ring (bicyclic) bond motifs is 2. The monoisotopic (exact) mass is 341 g/mol. The Hall–Kier alpha value is -1.85. The number of carbonyl (C=O) groups is 1. The molecule has 0 radical (unpaired) electrons. The van der Waals surface area contributed by atoms with E-state index in [1.807, 2.05) is 0 Å². The van der Waals surface area contributed by atoms with E-state index >= 15 is 0 Å². The van der Waals surface area contributed by atoms with Crippen molar-refractivity contribution in [1.29, 1.82) is 0 Å². The highest BCUT2D eigenvalue weighted by Crippen LogP contribution is 2.45. The molecule has 1 unspecified atom stereocenters. The third-order valence-electron chi connectivity index (χ3n) is 5.99. The molecule has 2 aliphatic rings. The number of H-pyrrole nitrogens is 1. The maximum absolute atomic E-state index is 11.9. The lowest BCUT2D eigenvalue weighted by molar-refractivity contribution is -0.124. The summed E-state index contributed by atoms with van der Waals surface area (Å²) in [6.07, 6.45) is 2.97. The van der Waals surface area contributed by atoms with Crippen LogP contribution in [0.15, 0.2) is 18.2 Å². The van der Waals surface area contributed by atoms with Gasteiger partial charge in [-0.15, -0.1) is 0 Å². The fraction of sp³-hybridized carbons (Fsp3) is 0.550. The van der Waals surface area contributed by atoms with Crippen LogP contribution in [0.2, 0.25) is 0 Å². The molecule has 4 rings (SSSR count). The molecule has 1 fully saturated rings. The Labute approximate surface area is 148 Å². The fourth-order valence-electron chi connectivity index (χ4n) is 4.98. The normalized spacial score (nSPS) is 25.9.